The van der Waals surface area contributed by atoms with Gasteiger partial charge in [0.15, 0.2) is 0 Å². The number of hydrogen-bond donors (Lipinski definition) is 2. The molecular formula is C26H39NO6S. The van der Waals surface area contributed by atoms with E-state index >= 15 is 0 Å². The van der Waals surface area contributed by atoms with Crippen molar-refractivity contribution in [1.82, 2.24) is 4.98 Å². The van der Waals surface area contributed by atoms with E-state index in [1.807, 2.05) is 32.2 Å². The Hall–Kier alpha value is -1.61. The maximum Gasteiger partial charge on any atom is 0.309 e. The van der Waals surface area contributed by atoms with Gasteiger partial charge in [0.1, 0.15) is 11.9 Å². The predicted molar refractivity (Wildman–Crippen MR) is 131 cm³/mol. The first-order valence-corrected chi connectivity index (χ1v) is 13.1. The van der Waals surface area contributed by atoms with Crippen molar-refractivity contribution in [1.29, 1.82) is 0 Å². The Morgan fingerprint density at radius 1 is 1.21 bits per heavy atom. The summed E-state index contributed by atoms with van der Waals surface area (Å²) in [6.45, 7) is 10.8. The van der Waals surface area contributed by atoms with Gasteiger partial charge in [0, 0.05) is 17.7 Å². The molecule has 1 aromatic heterocycles. The van der Waals surface area contributed by atoms with E-state index in [2.05, 4.69) is 4.98 Å². The summed E-state index contributed by atoms with van der Waals surface area (Å²) in [6.07, 6.45) is 2.28. The summed E-state index contributed by atoms with van der Waals surface area (Å²) < 4.78 is 11.7. The van der Waals surface area contributed by atoms with Crippen LogP contribution in [0.2, 0.25) is 0 Å². The molecule has 7 nitrogen and oxygen atoms in total. The number of aromatic nitrogens is 1. The van der Waals surface area contributed by atoms with E-state index in [-0.39, 0.29) is 30.3 Å². The molecule has 3 heterocycles. The third-order valence-corrected chi connectivity index (χ3v) is 8.20. The Bertz CT molecular complexity index is 909. The molecule has 7 atom stereocenters. The summed E-state index contributed by atoms with van der Waals surface area (Å²) in [5, 5.41) is 24.5. The largest absolute Gasteiger partial charge is 0.458 e. The van der Waals surface area contributed by atoms with Gasteiger partial charge in [-0.05, 0) is 44.3 Å². The van der Waals surface area contributed by atoms with E-state index in [0.29, 0.717) is 6.42 Å². The summed E-state index contributed by atoms with van der Waals surface area (Å²) in [4.78, 5) is 30.5. The summed E-state index contributed by atoms with van der Waals surface area (Å²) in [5.74, 6) is -1.52. The zero-order valence-electron chi connectivity index (χ0n) is 21.1. The number of esters is 1. The number of aryl methyl sites for hydroxylation is 1. The molecule has 0 saturated carbocycles. The number of ketones is 1. The molecule has 0 spiro atoms. The molecule has 0 aromatic carbocycles. The quantitative estimate of drug-likeness (QED) is 0.472. The molecule has 0 amide bonds. The van der Waals surface area contributed by atoms with Crippen LogP contribution in [0, 0.1) is 24.2 Å². The van der Waals surface area contributed by atoms with Gasteiger partial charge in [0.2, 0.25) is 0 Å². The van der Waals surface area contributed by atoms with Crippen molar-refractivity contribution in [2.75, 3.05) is 0 Å². The molecule has 2 N–H and O–H groups in total. The molecule has 8 heteroatoms. The first-order chi connectivity index (χ1) is 15.9. The number of cyclic esters (lactones) is 1. The topological polar surface area (TPSA) is 109 Å². The fourth-order valence-corrected chi connectivity index (χ4v) is 5.35. The molecule has 0 aliphatic carbocycles. The number of aliphatic hydroxyl groups is 2. The van der Waals surface area contributed by atoms with Crippen LogP contribution in [0.4, 0.5) is 0 Å². The number of carbonyl (C=O) groups excluding carboxylic acids is 2. The molecule has 1 aromatic rings. The van der Waals surface area contributed by atoms with E-state index < -0.39 is 35.6 Å². The lowest BCUT2D eigenvalue weighted by Crippen LogP contribution is -2.45. The number of Topliss-reactive ketones (excluding diaryl/α,β-unsaturated/α-hetero) is 1. The number of aliphatic hydroxyl groups excluding tert-OH is 2. The van der Waals surface area contributed by atoms with Crippen molar-refractivity contribution < 1.29 is 29.3 Å². The van der Waals surface area contributed by atoms with Crippen molar-refractivity contribution in [3.05, 3.63) is 21.7 Å². The van der Waals surface area contributed by atoms with Crippen LogP contribution in [-0.4, -0.2) is 57.5 Å². The third-order valence-electron chi connectivity index (χ3n) is 7.41. The second-order valence-electron chi connectivity index (χ2n) is 10.6. The standard InChI is InChI=1S/C26H39NO6S/c1-14-8-7-9-19-21(32-19)11-20(15(2)10-18-13-34-17(4)27-18)33-23(29)12-22(28)26(5,6)25(31)16(3)24(14)30/h10,13-14,16,19-22,24,28,30H,7-9,11-12H2,1-6H3/t14-,16+,19+,20?,21-,22-,24-/m0/s1. The molecule has 2 saturated heterocycles. The van der Waals surface area contributed by atoms with Crippen molar-refractivity contribution in [2.45, 2.75) is 104 Å². The second-order valence-corrected chi connectivity index (χ2v) is 11.7. The maximum absolute atomic E-state index is 13.2. The number of carbonyl (C=O) groups is 2. The Kier molecular flexibility index (Phi) is 8.71. The van der Waals surface area contributed by atoms with Gasteiger partial charge >= 0.3 is 5.97 Å². The van der Waals surface area contributed by atoms with E-state index in [0.717, 1.165) is 35.5 Å². The van der Waals surface area contributed by atoms with E-state index in [9.17, 15) is 19.8 Å². The number of ether oxygens (including phenoxy) is 2. The van der Waals surface area contributed by atoms with Crippen LogP contribution in [0.15, 0.2) is 11.0 Å². The highest BCUT2D eigenvalue weighted by atomic mass is 32.1. The Labute approximate surface area is 206 Å². The first kappa shape index (κ1) is 27.0. The monoisotopic (exact) mass is 493 g/mol. The highest BCUT2D eigenvalue weighted by Gasteiger charge is 2.44. The minimum atomic E-state index is -1.22. The van der Waals surface area contributed by atoms with Crippen LogP contribution in [-0.2, 0) is 19.1 Å². The van der Waals surface area contributed by atoms with Crippen molar-refractivity contribution >= 4 is 29.2 Å². The zero-order chi connectivity index (χ0) is 25.2. The van der Waals surface area contributed by atoms with Gasteiger partial charge in [-0.25, -0.2) is 4.98 Å². The molecule has 2 aliphatic heterocycles. The van der Waals surface area contributed by atoms with E-state index in [4.69, 9.17) is 9.47 Å². The third kappa shape index (κ3) is 6.53. The molecule has 0 bridgehead atoms. The first-order valence-electron chi connectivity index (χ1n) is 12.3. The summed E-state index contributed by atoms with van der Waals surface area (Å²) >= 11 is 1.56. The van der Waals surface area contributed by atoms with Crippen LogP contribution in [0.3, 0.4) is 0 Å². The maximum atomic E-state index is 13.2. The molecule has 0 radical (unpaired) electrons. The molecule has 2 fully saturated rings. The average Bonchev–Trinajstić information content (AvgIpc) is 3.38. The van der Waals surface area contributed by atoms with E-state index in [1.54, 1.807) is 32.1 Å². The highest BCUT2D eigenvalue weighted by Crippen LogP contribution is 2.36. The van der Waals surface area contributed by atoms with Crippen LogP contribution in [0.1, 0.15) is 77.4 Å². The Morgan fingerprint density at radius 3 is 2.56 bits per heavy atom. The van der Waals surface area contributed by atoms with Gasteiger partial charge in [0.05, 0.1) is 47.0 Å². The highest BCUT2D eigenvalue weighted by molar-refractivity contribution is 7.09. The van der Waals surface area contributed by atoms with E-state index in [1.165, 1.54) is 0 Å². The second kappa shape index (κ2) is 11.0. The van der Waals surface area contributed by atoms with Gasteiger partial charge in [0.25, 0.3) is 0 Å². The van der Waals surface area contributed by atoms with Gasteiger partial charge in [-0.1, -0.05) is 34.1 Å². The lowest BCUT2D eigenvalue weighted by molar-refractivity contribution is -0.154. The van der Waals surface area contributed by atoms with Crippen LogP contribution < -0.4 is 0 Å². The number of epoxide rings is 1. The molecule has 190 valence electrons. The lowest BCUT2D eigenvalue weighted by atomic mass is 9.73. The fraction of sp³-hybridized carbons (Fsp3) is 0.731. The predicted octanol–water partition coefficient (Wildman–Crippen LogP) is 4.09. The SMILES string of the molecule is CC(=Cc1csc(C)n1)C1C[C@@H]2O[C@@H]2CCC[C@H](C)[C@H](O)[C@@H](C)C(=O)C(C)(C)[C@@H](O)CC(=O)O1. The molecule has 2 aliphatic rings. The summed E-state index contributed by atoms with van der Waals surface area (Å²) in [7, 11) is 0. The van der Waals surface area contributed by atoms with Gasteiger partial charge in [-0.2, -0.15) is 0 Å². The lowest BCUT2D eigenvalue weighted by Gasteiger charge is -2.34. The van der Waals surface area contributed by atoms with Crippen molar-refractivity contribution in [3.63, 3.8) is 0 Å². The van der Waals surface area contributed by atoms with Gasteiger partial charge in [-0.3, -0.25) is 9.59 Å². The van der Waals surface area contributed by atoms with Crippen LogP contribution >= 0.6 is 11.3 Å². The minimum Gasteiger partial charge on any atom is -0.458 e. The van der Waals surface area contributed by atoms with Crippen LogP contribution in [0.5, 0.6) is 0 Å². The van der Waals surface area contributed by atoms with Crippen molar-refractivity contribution in [3.8, 4) is 0 Å². The van der Waals surface area contributed by atoms with Gasteiger partial charge in [-0.15, -0.1) is 11.3 Å². The normalized spacial score (nSPS) is 36.0. The summed E-state index contributed by atoms with van der Waals surface area (Å²) in [5.41, 5.74) is 0.494. The van der Waals surface area contributed by atoms with Gasteiger partial charge < -0.3 is 19.7 Å². The number of nitrogens with zero attached hydrogens (tertiary/aromatic N) is 1. The molecule has 3 rings (SSSR count). The molecular weight excluding hydrogens is 454 g/mol. The number of fused-ring (bicyclic) bond motifs is 1. The Balaban J connectivity index is 1.81. The number of hydrogen-bond acceptors (Lipinski definition) is 8. The smallest absolute Gasteiger partial charge is 0.309 e. The summed E-state index contributed by atoms with van der Waals surface area (Å²) in [6, 6.07) is 0. The molecule has 1 unspecified atom stereocenters. The average molecular weight is 494 g/mol. The minimum absolute atomic E-state index is 0.00770. The molecule has 34 heavy (non-hydrogen) atoms. The van der Waals surface area contributed by atoms with Crippen molar-refractivity contribution in [2.24, 2.45) is 17.3 Å². The zero-order valence-corrected chi connectivity index (χ0v) is 21.9. The number of thiazole rings is 1. The van der Waals surface area contributed by atoms with Crippen LogP contribution in [0.25, 0.3) is 6.08 Å². The Morgan fingerprint density at radius 2 is 1.91 bits per heavy atom. The number of rotatable bonds is 2. The fourth-order valence-electron chi connectivity index (χ4n) is 4.78.